The van der Waals surface area contributed by atoms with Crippen LogP contribution in [0.2, 0.25) is 0 Å². The van der Waals surface area contributed by atoms with Crippen molar-refractivity contribution >= 4 is 34.8 Å². The average molecular weight is 475 g/mol. The summed E-state index contributed by atoms with van der Waals surface area (Å²) < 4.78 is 5.43. The van der Waals surface area contributed by atoms with Gasteiger partial charge in [-0.05, 0) is 60.3 Å². The number of ether oxygens (including phenoxy) is 1. The van der Waals surface area contributed by atoms with Gasteiger partial charge in [-0.3, -0.25) is 0 Å². The van der Waals surface area contributed by atoms with Gasteiger partial charge in [-0.25, -0.2) is 0 Å². The van der Waals surface area contributed by atoms with Gasteiger partial charge in [0.15, 0.2) is 5.11 Å². The zero-order valence-corrected chi connectivity index (χ0v) is 20.3. The summed E-state index contributed by atoms with van der Waals surface area (Å²) >= 11 is 5.51. The number of fused-ring (bicyclic) bond motifs is 1. The second-order valence-corrected chi connectivity index (χ2v) is 9.11. The molecule has 0 radical (unpaired) electrons. The van der Waals surface area contributed by atoms with Gasteiger partial charge in [-0.2, -0.15) is 9.97 Å². The zero-order chi connectivity index (χ0) is 23.3. The Morgan fingerprint density at radius 2 is 1.74 bits per heavy atom. The third-order valence-corrected chi connectivity index (χ3v) is 6.69. The molecule has 34 heavy (non-hydrogen) atoms. The Kier molecular flexibility index (Phi) is 6.76. The van der Waals surface area contributed by atoms with E-state index in [0.29, 0.717) is 23.5 Å². The highest BCUT2D eigenvalue weighted by molar-refractivity contribution is 7.80. The fraction of sp³-hybridized carbons (Fsp3) is 0.346. The quantitative estimate of drug-likeness (QED) is 0.517. The summed E-state index contributed by atoms with van der Waals surface area (Å²) in [5, 5.41) is 6.86. The lowest BCUT2D eigenvalue weighted by Gasteiger charge is -2.30. The average Bonchev–Trinajstić information content (AvgIpc) is 3.42. The minimum Gasteiger partial charge on any atom is -0.481 e. The maximum atomic E-state index is 5.51. The molecule has 1 saturated heterocycles. The molecule has 0 bridgehead atoms. The van der Waals surface area contributed by atoms with Gasteiger partial charge >= 0.3 is 0 Å². The predicted molar refractivity (Wildman–Crippen MR) is 141 cm³/mol. The van der Waals surface area contributed by atoms with Gasteiger partial charge in [-0.15, -0.1) is 0 Å². The number of benzene rings is 2. The summed E-state index contributed by atoms with van der Waals surface area (Å²) in [4.78, 5) is 13.8. The molecule has 176 valence electrons. The molecule has 0 amide bonds. The van der Waals surface area contributed by atoms with Crippen molar-refractivity contribution in [2.75, 3.05) is 41.9 Å². The van der Waals surface area contributed by atoms with Gasteiger partial charge in [0.2, 0.25) is 11.8 Å². The minimum atomic E-state index is 0.426. The van der Waals surface area contributed by atoms with Crippen molar-refractivity contribution in [3.8, 4) is 5.88 Å². The molecule has 2 aromatic carbocycles. The lowest BCUT2D eigenvalue weighted by molar-refractivity contribution is 0.397. The monoisotopic (exact) mass is 474 g/mol. The Bertz CT molecular complexity index is 1150. The standard InChI is InChI=1S/C26H30N6OS/c1-33-24-16-23(32-15-12-20-6-2-3-7-21(20)18-32)28-25(29-24)30-26(34)27-17-19-8-10-22(11-9-19)31-13-4-5-14-31/h2-3,6-11,16H,4-5,12-15,17-18H2,1H3,(H2,27,28,29,30,34). The van der Waals surface area contributed by atoms with E-state index in [2.05, 4.69) is 73.9 Å². The van der Waals surface area contributed by atoms with Gasteiger partial charge in [0, 0.05) is 44.5 Å². The normalized spacial score (nSPS) is 15.1. The number of hydrogen-bond acceptors (Lipinski definition) is 6. The van der Waals surface area contributed by atoms with E-state index in [1.807, 2.05) is 6.07 Å². The largest absolute Gasteiger partial charge is 0.481 e. The minimum absolute atomic E-state index is 0.426. The molecule has 0 unspecified atom stereocenters. The summed E-state index contributed by atoms with van der Waals surface area (Å²) in [6, 6.07) is 19.1. The smallest absolute Gasteiger partial charge is 0.234 e. The van der Waals surface area contributed by atoms with Crippen LogP contribution in [0, 0.1) is 0 Å². The molecule has 8 heteroatoms. The SMILES string of the molecule is COc1cc(N2CCc3ccccc3C2)nc(NC(=S)NCc2ccc(N3CCCC3)cc2)n1. The fourth-order valence-corrected chi connectivity index (χ4v) is 4.72. The van der Waals surface area contributed by atoms with Crippen LogP contribution in [0.25, 0.3) is 0 Å². The molecule has 0 saturated carbocycles. The van der Waals surface area contributed by atoms with Crippen molar-refractivity contribution in [3.05, 3.63) is 71.3 Å². The molecule has 2 aliphatic heterocycles. The molecule has 1 aromatic heterocycles. The van der Waals surface area contributed by atoms with E-state index in [1.54, 1.807) is 7.11 Å². The molecule has 3 heterocycles. The van der Waals surface area contributed by atoms with E-state index in [1.165, 1.54) is 35.2 Å². The predicted octanol–water partition coefficient (Wildman–Crippen LogP) is 4.13. The molecule has 2 aliphatic rings. The highest BCUT2D eigenvalue weighted by atomic mass is 32.1. The molecule has 0 spiro atoms. The van der Waals surface area contributed by atoms with Crippen LogP contribution in [0.15, 0.2) is 54.6 Å². The van der Waals surface area contributed by atoms with Crippen molar-refractivity contribution in [1.82, 2.24) is 15.3 Å². The Labute approximate surface area is 206 Å². The zero-order valence-electron chi connectivity index (χ0n) is 19.5. The number of anilines is 3. The lowest BCUT2D eigenvalue weighted by atomic mass is 10.00. The van der Waals surface area contributed by atoms with E-state index < -0.39 is 0 Å². The Morgan fingerprint density at radius 3 is 2.50 bits per heavy atom. The second kappa shape index (κ2) is 10.3. The number of nitrogens with one attached hydrogen (secondary N) is 2. The fourth-order valence-electron chi connectivity index (χ4n) is 4.55. The molecule has 1 fully saturated rings. The number of thiocarbonyl (C=S) groups is 1. The van der Waals surface area contributed by atoms with Crippen LogP contribution < -0.4 is 25.2 Å². The first-order valence-corrected chi connectivity index (χ1v) is 12.2. The summed E-state index contributed by atoms with van der Waals surface area (Å²) in [5.74, 6) is 1.76. The van der Waals surface area contributed by atoms with Crippen LogP contribution in [-0.2, 0) is 19.5 Å². The van der Waals surface area contributed by atoms with Crippen molar-refractivity contribution in [1.29, 1.82) is 0 Å². The summed E-state index contributed by atoms with van der Waals surface area (Å²) in [6.07, 6.45) is 3.55. The lowest BCUT2D eigenvalue weighted by Crippen LogP contribution is -2.32. The van der Waals surface area contributed by atoms with E-state index >= 15 is 0 Å². The third kappa shape index (κ3) is 5.22. The third-order valence-electron chi connectivity index (χ3n) is 6.44. The first-order valence-electron chi connectivity index (χ1n) is 11.8. The number of aromatic nitrogens is 2. The summed E-state index contributed by atoms with van der Waals surface area (Å²) in [6.45, 7) is 4.64. The van der Waals surface area contributed by atoms with Crippen molar-refractivity contribution < 1.29 is 4.74 Å². The highest BCUT2D eigenvalue weighted by Gasteiger charge is 2.19. The van der Waals surface area contributed by atoms with Gasteiger partial charge < -0.3 is 25.2 Å². The van der Waals surface area contributed by atoms with E-state index in [0.717, 1.165) is 38.4 Å². The van der Waals surface area contributed by atoms with Crippen LogP contribution >= 0.6 is 12.2 Å². The van der Waals surface area contributed by atoms with Gasteiger partial charge in [0.05, 0.1) is 7.11 Å². The van der Waals surface area contributed by atoms with E-state index in [-0.39, 0.29) is 0 Å². The topological polar surface area (TPSA) is 65.6 Å². The second-order valence-electron chi connectivity index (χ2n) is 8.70. The molecule has 0 aliphatic carbocycles. The van der Waals surface area contributed by atoms with E-state index in [9.17, 15) is 0 Å². The number of methoxy groups -OCH3 is 1. The van der Waals surface area contributed by atoms with Gasteiger partial charge in [-0.1, -0.05) is 36.4 Å². The van der Waals surface area contributed by atoms with Crippen molar-refractivity contribution in [2.24, 2.45) is 0 Å². The van der Waals surface area contributed by atoms with Gasteiger partial charge in [0.1, 0.15) is 5.82 Å². The summed E-state index contributed by atoms with van der Waals surface area (Å²) in [5.41, 5.74) is 5.19. The van der Waals surface area contributed by atoms with Crippen molar-refractivity contribution in [3.63, 3.8) is 0 Å². The molecule has 5 rings (SSSR count). The maximum Gasteiger partial charge on any atom is 0.234 e. The summed E-state index contributed by atoms with van der Waals surface area (Å²) in [7, 11) is 1.61. The van der Waals surface area contributed by atoms with Gasteiger partial charge in [0.25, 0.3) is 0 Å². The Balaban J connectivity index is 1.21. The van der Waals surface area contributed by atoms with Crippen molar-refractivity contribution in [2.45, 2.75) is 32.4 Å². The number of hydrogen-bond donors (Lipinski definition) is 2. The first kappa shape index (κ1) is 22.4. The first-order chi connectivity index (χ1) is 16.7. The highest BCUT2D eigenvalue weighted by Crippen LogP contribution is 2.26. The van der Waals surface area contributed by atoms with Crippen LogP contribution in [0.4, 0.5) is 17.5 Å². The van der Waals surface area contributed by atoms with Crippen LogP contribution in [0.3, 0.4) is 0 Å². The molecular weight excluding hydrogens is 444 g/mol. The van der Waals surface area contributed by atoms with Crippen LogP contribution in [0.1, 0.15) is 29.5 Å². The molecule has 0 atom stereocenters. The molecule has 3 aromatic rings. The van der Waals surface area contributed by atoms with Crippen LogP contribution in [0.5, 0.6) is 5.88 Å². The molecular formula is C26H30N6OS. The maximum absolute atomic E-state index is 5.51. The molecule has 7 nitrogen and oxygen atoms in total. The van der Waals surface area contributed by atoms with E-state index in [4.69, 9.17) is 21.9 Å². The Hall–Kier alpha value is -3.39. The van der Waals surface area contributed by atoms with Crippen LogP contribution in [-0.4, -0.2) is 41.8 Å². The number of nitrogens with zero attached hydrogens (tertiary/aromatic N) is 4. The Morgan fingerprint density at radius 1 is 0.971 bits per heavy atom. The molecule has 2 N–H and O–H groups in total. The number of rotatable bonds is 6.